The smallest absolute Gasteiger partial charge is 0.122 e. The van der Waals surface area contributed by atoms with Crippen LogP contribution in [0.5, 0.6) is 5.75 Å². The van der Waals surface area contributed by atoms with Crippen molar-refractivity contribution in [2.45, 2.75) is 17.7 Å². The third-order valence-corrected chi connectivity index (χ3v) is 2.29. The average Bonchev–Trinajstić information content (AvgIpc) is 2.33. The summed E-state index contributed by atoms with van der Waals surface area (Å²) >= 11 is 4.27. The predicted molar refractivity (Wildman–Crippen MR) is 47.6 cm³/mol. The minimum Gasteiger partial charge on any atom is -0.493 e. The van der Waals surface area contributed by atoms with Gasteiger partial charge < -0.3 is 4.74 Å². The van der Waals surface area contributed by atoms with E-state index in [0.29, 0.717) is 5.92 Å². The summed E-state index contributed by atoms with van der Waals surface area (Å²) in [6.07, 6.45) is 0. The fourth-order valence-corrected chi connectivity index (χ4v) is 1.57. The van der Waals surface area contributed by atoms with Gasteiger partial charge in [0.15, 0.2) is 0 Å². The summed E-state index contributed by atoms with van der Waals surface area (Å²) in [4.78, 5) is 1.01. The van der Waals surface area contributed by atoms with Gasteiger partial charge >= 0.3 is 0 Å². The molecule has 2 heteroatoms. The van der Waals surface area contributed by atoms with E-state index in [1.54, 1.807) is 0 Å². The maximum absolute atomic E-state index is 5.43. The Labute approximate surface area is 71.8 Å². The minimum atomic E-state index is 0.525. The molecule has 1 aliphatic rings. The highest BCUT2D eigenvalue weighted by Crippen LogP contribution is 2.34. The number of benzene rings is 1. The summed E-state index contributed by atoms with van der Waals surface area (Å²) in [6.45, 7) is 2.98. The van der Waals surface area contributed by atoms with Crippen LogP contribution in [0.3, 0.4) is 0 Å². The van der Waals surface area contributed by atoms with E-state index in [9.17, 15) is 0 Å². The Morgan fingerprint density at radius 3 is 3.18 bits per heavy atom. The molecule has 0 N–H and O–H groups in total. The molecule has 1 aromatic rings. The Balaban J connectivity index is 2.52. The van der Waals surface area contributed by atoms with E-state index in [0.717, 1.165) is 17.3 Å². The fourth-order valence-electron chi connectivity index (χ4n) is 1.36. The van der Waals surface area contributed by atoms with Gasteiger partial charge in [-0.2, -0.15) is 0 Å². The molecule has 11 heavy (non-hydrogen) atoms. The summed E-state index contributed by atoms with van der Waals surface area (Å²) in [6, 6.07) is 6.03. The van der Waals surface area contributed by atoms with Gasteiger partial charge in [0, 0.05) is 16.4 Å². The highest BCUT2D eigenvalue weighted by Gasteiger charge is 2.19. The van der Waals surface area contributed by atoms with Gasteiger partial charge in [0.05, 0.1) is 6.61 Å². The van der Waals surface area contributed by atoms with Gasteiger partial charge in [0.2, 0.25) is 0 Å². The maximum Gasteiger partial charge on any atom is 0.122 e. The number of rotatable bonds is 0. The zero-order chi connectivity index (χ0) is 7.84. The van der Waals surface area contributed by atoms with E-state index >= 15 is 0 Å². The van der Waals surface area contributed by atoms with E-state index in [-0.39, 0.29) is 0 Å². The second-order valence-electron chi connectivity index (χ2n) is 2.93. The highest BCUT2D eigenvalue weighted by atomic mass is 32.1. The molecule has 0 fully saturated rings. The third kappa shape index (κ3) is 1.11. The summed E-state index contributed by atoms with van der Waals surface area (Å²) in [7, 11) is 0. The Bertz CT molecular complexity index is 283. The molecule has 0 aliphatic carbocycles. The van der Waals surface area contributed by atoms with E-state index in [1.165, 1.54) is 5.56 Å². The lowest BCUT2D eigenvalue weighted by atomic mass is 10.0. The Hall–Kier alpha value is -0.630. The maximum atomic E-state index is 5.43. The largest absolute Gasteiger partial charge is 0.493 e. The van der Waals surface area contributed by atoms with Gasteiger partial charge in [-0.25, -0.2) is 0 Å². The van der Waals surface area contributed by atoms with E-state index in [2.05, 4.69) is 25.6 Å². The van der Waals surface area contributed by atoms with Crippen molar-refractivity contribution >= 4 is 12.6 Å². The van der Waals surface area contributed by atoms with Crippen molar-refractivity contribution in [3.63, 3.8) is 0 Å². The third-order valence-electron chi connectivity index (χ3n) is 2.01. The van der Waals surface area contributed by atoms with Gasteiger partial charge in [0.1, 0.15) is 5.75 Å². The van der Waals surface area contributed by atoms with Crippen LogP contribution < -0.4 is 4.74 Å². The molecule has 1 atom stereocenters. The lowest BCUT2D eigenvalue weighted by Gasteiger charge is -1.99. The van der Waals surface area contributed by atoms with E-state index in [1.807, 2.05) is 12.1 Å². The molecule has 0 saturated heterocycles. The second-order valence-corrected chi connectivity index (χ2v) is 3.45. The molecule has 1 aromatic carbocycles. The molecule has 58 valence electrons. The minimum absolute atomic E-state index is 0.525. The topological polar surface area (TPSA) is 9.23 Å². The molecule has 0 radical (unpaired) electrons. The molecular formula is C9H10OS. The fraction of sp³-hybridized carbons (Fsp3) is 0.333. The first kappa shape index (κ1) is 7.04. The van der Waals surface area contributed by atoms with Crippen molar-refractivity contribution in [2.75, 3.05) is 6.61 Å². The van der Waals surface area contributed by atoms with Gasteiger partial charge in [-0.1, -0.05) is 6.92 Å². The molecule has 0 saturated carbocycles. The van der Waals surface area contributed by atoms with Crippen LogP contribution in [0.2, 0.25) is 0 Å². The predicted octanol–water partition coefficient (Wildman–Crippen LogP) is 2.47. The number of hydrogen-bond donors (Lipinski definition) is 1. The number of ether oxygens (including phenoxy) is 1. The molecule has 2 rings (SSSR count). The van der Waals surface area contributed by atoms with Crippen LogP contribution in [0.4, 0.5) is 0 Å². The first-order valence-electron chi connectivity index (χ1n) is 3.73. The van der Waals surface area contributed by atoms with Gasteiger partial charge in [-0.3, -0.25) is 0 Å². The van der Waals surface area contributed by atoms with Gasteiger partial charge in [0.25, 0.3) is 0 Å². The van der Waals surface area contributed by atoms with E-state index in [4.69, 9.17) is 4.74 Å². The van der Waals surface area contributed by atoms with Crippen LogP contribution in [0.15, 0.2) is 23.1 Å². The SMILES string of the molecule is CC1COc2ccc(S)cc21. The van der Waals surface area contributed by atoms with Crippen LogP contribution in [-0.2, 0) is 0 Å². The quantitative estimate of drug-likeness (QED) is 0.582. The molecular weight excluding hydrogens is 156 g/mol. The molecule has 0 aromatic heterocycles. The Kier molecular flexibility index (Phi) is 1.57. The second kappa shape index (κ2) is 2.45. The molecule has 1 heterocycles. The molecule has 0 amide bonds. The van der Waals surface area contributed by atoms with Crippen molar-refractivity contribution in [1.29, 1.82) is 0 Å². The first-order valence-corrected chi connectivity index (χ1v) is 4.18. The first-order chi connectivity index (χ1) is 5.27. The number of hydrogen-bond acceptors (Lipinski definition) is 2. The zero-order valence-corrected chi connectivity index (χ0v) is 7.27. The van der Waals surface area contributed by atoms with Crippen LogP contribution in [0.25, 0.3) is 0 Å². The summed E-state index contributed by atoms with van der Waals surface area (Å²) in [5, 5.41) is 0. The van der Waals surface area contributed by atoms with Crippen molar-refractivity contribution in [2.24, 2.45) is 0 Å². The lowest BCUT2D eigenvalue weighted by molar-refractivity contribution is 0.337. The Morgan fingerprint density at radius 1 is 1.55 bits per heavy atom. The van der Waals surface area contributed by atoms with Crippen LogP contribution in [0, 0.1) is 0 Å². The van der Waals surface area contributed by atoms with E-state index < -0.39 is 0 Å². The lowest BCUT2D eigenvalue weighted by Crippen LogP contribution is -1.93. The average molecular weight is 166 g/mol. The van der Waals surface area contributed by atoms with Crippen LogP contribution >= 0.6 is 12.6 Å². The van der Waals surface area contributed by atoms with Crippen molar-refractivity contribution < 1.29 is 4.74 Å². The monoisotopic (exact) mass is 166 g/mol. The zero-order valence-electron chi connectivity index (χ0n) is 6.37. The van der Waals surface area contributed by atoms with Crippen molar-refractivity contribution in [3.05, 3.63) is 23.8 Å². The number of thiol groups is 1. The standard InChI is InChI=1S/C9H10OS/c1-6-5-10-9-3-2-7(11)4-8(6)9/h2-4,6,11H,5H2,1H3. The summed E-state index contributed by atoms with van der Waals surface area (Å²) in [5.41, 5.74) is 1.29. The summed E-state index contributed by atoms with van der Waals surface area (Å²) in [5.74, 6) is 1.55. The van der Waals surface area contributed by atoms with Crippen molar-refractivity contribution in [1.82, 2.24) is 0 Å². The van der Waals surface area contributed by atoms with Gasteiger partial charge in [-0.05, 0) is 18.2 Å². The van der Waals surface area contributed by atoms with Crippen LogP contribution in [0.1, 0.15) is 18.4 Å². The molecule has 1 nitrogen and oxygen atoms in total. The number of fused-ring (bicyclic) bond motifs is 1. The molecule has 0 spiro atoms. The summed E-state index contributed by atoms with van der Waals surface area (Å²) < 4.78 is 5.43. The molecule has 1 unspecified atom stereocenters. The van der Waals surface area contributed by atoms with Gasteiger partial charge in [-0.15, -0.1) is 12.6 Å². The molecule has 1 aliphatic heterocycles. The van der Waals surface area contributed by atoms with Crippen LogP contribution in [-0.4, -0.2) is 6.61 Å². The normalized spacial score (nSPS) is 21.1. The Morgan fingerprint density at radius 2 is 2.36 bits per heavy atom. The molecule has 0 bridgehead atoms. The van der Waals surface area contributed by atoms with Crippen molar-refractivity contribution in [3.8, 4) is 5.75 Å². The highest BCUT2D eigenvalue weighted by molar-refractivity contribution is 7.80.